The Hall–Kier alpha value is -9.85. The van der Waals surface area contributed by atoms with Gasteiger partial charge in [0.2, 0.25) is 0 Å². The number of ether oxygens (including phenoxy) is 3. The number of rotatable bonds is 20. The summed E-state index contributed by atoms with van der Waals surface area (Å²) in [6, 6.07) is 27.9. The molecule has 0 spiro atoms. The fourth-order valence-electron chi connectivity index (χ4n) is 16.4. The number of carboxylic acids is 1. The Morgan fingerprint density at radius 3 is 0.982 bits per heavy atom. The molecule has 8 N–H and O–H groups in total. The molecule has 3 fully saturated rings. The number of aromatic carboxylic acids is 1. The van der Waals surface area contributed by atoms with Crippen LogP contribution in [0.25, 0.3) is 32.7 Å². The van der Waals surface area contributed by atoms with Crippen molar-refractivity contribution >= 4 is 50.5 Å². The van der Waals surface area contributed by atoms with Gasteiger partial charge in [-0.1, -0.05) is 54.6 Å². The zero-order chi connectivity index (χ0) is 82.0. The number of nitrogens with two attached hydrogens (primary N) is 1. The Labute approximate surface area is 642 Å². The topological polar surface area (TPSA) is 272 Å². The van der Waals surface area contributed by atoms with Crippen molar-refractivity contribution < 1.29 is 73.2 Å². The number of nitrogens with zero attached hydrogens (tertiary/aromatic N) is 6. The SMILES string of the molecule is COc1cc(C)[nH]c(=O)c1CN.COc1cc(C)[nH]c(=O)c1CNC(=O)c1c(C)n([C@H](C)C2CCN(CC(F)(F)F)CC2)c2ccccc12.COc1cc(C)[nH]c(=O)c1CNC(=O)c1c(C)n([C@H](C)C2CCN(CC(F)(F)F)CC2)c2ccccc12.Cc1c(C(=O)O)c2ccccc2n1[C@H](C)C1CCN(CC(F)(F)F)CC1. The van der Waals surface area contributed by atoms with Crippen molar-refractivity contribution in [1.82, 2.24) is 54.0 Å². The number of fused-ring (bicyclic) bond motifs is 3. The number of amides is 2. The van der Waals surface area contributed by atoms with Gasteiger partial charge in [-0.05, 0) is 194 Å². The molecule has 31 heteroatoms. The summed E-state index contributed by atoms with van der Waals surface area (Å²) in [5.41, 5.74) is 14.1. The second-order valence-electron chi connectivity index (χ2n) is 29.3. The van der Waals surface area contributed by atoms with Crippen LogP contribution in [0.1, 0.15) is 159 Å². The minimum absolute atomic E-state index is 0.000441. The number of aromatic amines is 3. The molecule has 6 aromatic heterocycles. The molecule has 3 aliphatic heterocycles. The van der Waals surface area contributed by atoms with Gasteiger partial charge in [0.1, 0.15) is 17.2 Å². The van der Waals surface area contributed by atoms with Crippen molar-refractivity contribution in [3.05, 3.63) is 190 Å². The first-order valence-corrected chi connectivity index (χ1v) is 37.3. The number of hydrogen-bond donors (Lipinski definition) is 7. The predicted molar refractivity (Wildman–Crippen MR) is 412 cm³/mol. The van der Waals surface area contributed by atoms with Crippen LogP contribution in [-0.2, 0) is 19.6 Å². The first kappa shape index (κ1) is 86.1. The number of carboxylic acid groups (broad SMARTS) is 1. The van der Waals surface area contributed by atoms with Crippen LogP contribution in [0.4, 0.5) is 39.5 Å². The quantitative estimate of drug-likeness (QED) is 0.0350. The number of aromatic nitrogens is 6. The van der Waals surface area contributed by atoms with Gasteiger partial charge in [-0.15, -0.1) is 0 Å². The van der Waals surface area contributed by atoms with Crippen LogP contribution in [0, 0.1) is 59.3 Å². The van der Waals surface area contributed by atoms with Gasteiger partial charge in [0.15, 0.2) is 0 Å². The smallest absolute Gasteiger partial charge is 0.401 e. The minimum atomic E-state index is -4.19. The van der Waals surface area contributed by atoms with Crippen LogP contribution in [0.15, 0.2) is 105 Å². The maximum Gasteiger partial charge on any atom is 0.401 e. The second-order valence-corrected chi connectivity index (χ2v) is 29.3. The second kappa shape index (κ2) is 36.8. The number of methoxy groups -OCH3 is 3. The molecule has 3 aromatic carbocycles. The van der Waals surface area contributed by atoms with E-state index in [1.807, 2.05) is 92.1 Å². The monoisotopic (exact) mass is 1570 g/mol. The highest BCUT2D eigenvalue weighted by molar-refractivity contribution is 6.09. The average Bonchev–Trinajstić information content (AvgIpc) is 1.59. The molecule has 0 unspecified atom stereocenters. The van der Waals surface area contributed by atoms with E-state index in [2.05, 4.69) is 48.6 Å². The molecule has 3 atom stereocenters. The summed E-state index contributed by atoms with van der Waals surface area (Å²) in [4.78, 5) is 87.2. The zero-order valence-corrected chi connectivity index (χ0v) is 65.1. The maximum absolute atomic E-state index is 13.4. The lowest BCUT2D eigenvalue weighted by molar-refractivity contribution is -0.149. The van der Waals surface area contributed by atoms with E-state index in [9.17, 15) is 73.4 Å². The van der Waals surface area contributed by atoms with Gasteiger partial charge in [-0.2, -0.15) is 39.5 Å². The number of nitrogens with one attached hydrogen (secondary N) is 5. The Bertz CT molecular complexity index is 4770. The van der Waals surface area contributed by atoms with Gasteiger partial charge in [-0.3, -0.25) is 38.7 Å². The molecular formula is C81H101F9N12O10. The Morgan fingerprint density at radius 2 is 0.714 bits per heavy atom. The highest BCUT2D eigenvalue weighted by atomic mass is 19.4. The number of carbonyl (C=O) groups is 3. The molecule has 2 amide bonds. The number of pyridine rings is 3. The number of aryl methyl sites for hydroxylation is 3. The number of benzene rings is 3. The molecule has 12 rings (SSSR count). The summed E-state index contributed by atoms with van der Waals surface area (Å²) >= 11 is 0. The van der Waals surface area contributed by atoms with Gasteiger partial charge in [-0.25, -0.2) is 4.79 Å². The number of hydrogen-bond acceptors (Lipinski definition) is 13. The van der Waals surface area contributed by atoms with Gasteiger partial charge >= 0.3 is 24.5 Å². The van der Waals surface area contributed by atoms with Crippen LogP contribution in [0.5, 0.6) is 17.2 Å². The van der Waals surface area contributed by atoms with Gasteiger partial charge in [0.05, 0.1) is 87.4 Å². The lowest BCUT2D eigenvalue weighted by Gasteiger charge is -2.36. The number of para-hydroxylation sites is 3. The molecule has 112 heavy (non-hydrogen) atoms. The normalized spacial score (nSPS) is 16.0. The number of alkyl halides is 9. The third kappa shape index (κ3) is 20.7. The minimum Gasteiger partial charge on any atom is -0.496 e. The molecule has 0 aliphatic carbocycles. The van der Waals surface area contributed by atoms with Crippen LogP contribution in [0.2, 0.25) is 0 Å². The fraction of sp³-hybridized carbons (Fsp3) is 0.481. The van der Waals surface area contributed by atoms with Gasteiger partial charge < -0.3 is 64.3 Å². The summed E-state index contributed by atoms with van der Waals surface area (Å²) in [5, 5.41) is 17.6. The van der Waals surface area contributed by atoms with E-state index in [1.165, 1.54) is 36.0 Å². The van der Waals surface area contributed by atoms with E-state index >= 15 is 0 Å². The molecule has 0 radical (unpaired) electrons. The van der Waals surface area contributed by atoms with Crippen LogP contribution in [0.3, 0.4) is 0 Å². The largest absolute Gasteiger partial charge is 0.496 e. The summed E-state index contributed by atoms with van der Waals surface area (Å²) in [6.07, 6.45) is -8.59. The lowest BCUT2D eigenvalue weighted by Crippen LogP contribution is -2.41. The molecule has 3 saturated heterocycles. The highest BCUT2D eigenvalue weighted by Gasteiger charge is 2.39. The Kier molecular flexibility index (Phi) is 28.3. The number of halogens is 9. The molecule has 0 bridgehead atoms. The predicted octanol–water partition coefficient (Wildman–Crippen LogP) is 14.1. The first-order chi connectivity index (χ1) is 52.9. The van der Waals surface area contributed by atoms with Crippen LogP contribution in [-0.4, -0.2) is 165 Å². The molecule has 0 saturated carbocycles. The average molecular weight is 1570 g/mol. The number of piperidine rings is 3. The molecule has 608 valence electrons. The summed E-state index contributed by atoms with van der Waals surface area (Å²) < 4.78 is 137. The van der Waals surface area contributed by atoms with Gasteiger partial charge in [0.25, 0.3) is 28.5 Å². The Balaban J connectivity index is 0.000000181. The van der Waals surface area contributed by atoms with Gasteiger partial charge in [0, 0.05) is 91.5 Å². The molecule has 22 nitrogen and oxygen atoms in total. The van der Waals surface area contributed by atoms with Crippen molar-refractivity contribution in [1.29, 1.82) is 0 Å². The fourth-order valence-corrected chi connectivity index (χ4v) is 16.4. The number of carbonyl (C=O) groups excluding carboxylic acids is 2. The third-order valence-electron chi connectivity index (χ3n) is 21.9. The maximum atomic E-state index is 13.4. The van der Waals surface area contributed by atoms with Crippen LogP contribution >= 0.6 is 0 Å². The summed E-state index contributed by atoms with van der Waals surface area (Å²) in [6.45, 7) is 17.1. The van der Waals surface area contributed by atoms with E-state index in [-0.39, 0.29) is 84.0 Å². The van der Waals surface area contributed by atoms with E-state index in [0.717, 1.165) is 44.4 Å². The van der Waals surface area contributed by atoms with E-state index in [0.29, 0.717) is 151 Å². The van der Waals surface area contributed by atoms with Crippen molar-refractivity contribution in [2.45, 2.75) is 157 Å². The Morgan fingerprint density at radius 1 is 0.455 bits per heavy atom. The number of likely N-dealkylation sites (tertiary alicyclic amines) is 3. The standard InChI is InChI=1S/2C27H33F3N4O3.C19H23F3N2O2.C8H12N2O2/c2*1-16-13-23(37-4)21(25(35)32-16)14-31-26(36)24-18(3)34(22-8-6-5-7-20(22)24)17(2)19-9-11-33(12-10-19)15-27(28,29)30;1-12(14-7-9-23(10-8-14)11-19(20,21)22)24-13(2)17(18(25)26)15-5-3-4-6-16(15)24;1-5-3-7(12-2)6(4-9)8(11)10-5/h2*5-8,13,17,19H,9-12,14-15H2,1-4H3,(H,31,36)(H,32,35);3-6,12,14H,7-11H2,1-2H3,(H,25,26);3H,4,9H2,1-2H3,(H,10,11)/t2*17-;12-;/m111./s1. The van der Waals surface area contributed by atoms with E-state index in [4.69, 9.17) is 19.9 Å². The summed E-state index contributed by atoms with van der Waals surface area (Å²) in [7, 11) is 4.48. The van der Waals surface area contributed by atoms with Crippen molar-refractivity contribution in [3.63, 3.8) is 0 Å². The number of H-pyrrole nitrogens is 3. The van der Waals surface area contributed by atoms with Crippen molar-refractivity contribution in [2.75, 3.05) is 80.2 Å². The zero-order valence-electron chi connectivity index (χ0n) is 65.1. The summed E-state index contributed by atoms with van der Waals surface area (Å²) in [5.74, 6) is 0.398. The lowest BCUT2D eigenvalue weighted by atomic mass is 9.90. The van der Waals surface area contributed by atoms with Crippen molar-refractivity contribution in [3.8, 4) is 17.2 Å². The molecule has 9 heterocycles. The molecule has 3 aliphatic rings. The van der Waals surface area contributed by atoms with Crippen molar-refractivity contribution in [2.24, 2.45) is 23.5 Å². The third-order valence-corrected chi connectivity index (χ3v) is 21.9. The molecule has 9 aromatic rings. The highest BCUT2D eigenvalue weighted by Crippen LogP contribution is 2.41. The van der Waals surface area contributed by atoms with E-state index < -0.39 is 44.1 Å². The molecular weight excluding hydrogens is 1470 g/mol. The van der Waals surface area contributed by atoms with Crippen LogP contribution < -0.4 is 47.3 Å². The van der Waals surface area contributed by atoms with E-state index in [1.54, 1.807) is 52.0 Å². The first-order valence-electron chi connectivity index (χ1n) is 37.3.